The lowest BCUT2D eigenvalue weighted by Gasteiger charge is -2.20. The maximum atomic E-state index is 5.76. The predicted molar refractivity (Wildman–Crippen MR) is 72.4 cm³/mol. The van der Waals surface area contributed by atoms with Crippen molar-refractivity contribution in [3.8, 4) is 0 Å². The summed E-state index contributed by atoms with van der Waals surface area (Å²) in [6.07, 6.45) is 4.53. The summed E-state index contributed by atoms with van der Waals surface area (Å²) in [6, 6.07) is 0. The second kappa shape index (κ2) is 9.73. The summed E-state index contributed by atoms with van der Waals surface area (Å²) >= 11 is 0. The zero-order chi connectivity index (χ0) is 13.2. The number of hydrogen-bond donors (Lipinski definition) is 1. The fraction of sp³-hybridized carbons (Fsp3) is 1.00. The molecular formula is C14H29NO3. The second-order valence-corrected chi connectivity index (χ2v) is 4.89. The van der Waals surface area contributed by atoms with E-state index < -0.39 is 0 Å². The third-order valence-electron chi connectivity index (χ3n) is 3.65. The van der Waals surface area contributed by atoms with Crippen LogP contribution in [0.2, 0.25) is 0 Å². The minimum Gasteiger partial charge on any atom is -0.381 e. The molecule has 2 atom stereocenters. The maximum absolute atomic E-state index is 5.76. The zero-order valence-corrected chi connectivity index (χ0v) is 11.9. The summed E-state index contributed by atoms with van der Waals surface area (Å²) in [7, 11) is 0. The van der Waals surface area contributed by atoms with Crippen LogP contribution in [0.5, 0.6) is 0 Å². The third-order valence-corrected chi connectivity index (χ3v) is 3.65. The van der Waals surface area contributed by atoms with Crippen LogP contribution < -0.4 is 5.73 Å². The van der Waals surface area contributed by atoms with Crippen molar-refractivity contribution in [3.05, 3.63) is 0 Å². The molecule has 0 bridgehead atoms. The Morgan fingerprint density at radius 2 is 1.78 bits per heavy atom. The van der Waals surface area contributed by atoms with E-state index in [-0.39, 0.29) is 6.29 Å². The Morgan fingerprint density at radius 1 is 1.11 bits per heavy atom. The highest BCUT2D eigenvalue weighted by Crippen LogP contribution is 2.30. The molecule has 0 saturated heterocycles. The molecule has 4 heteroatoms. The van der Waals surface area contributed by atoms with Gasteiger partial charge in [-0.15, -0.1) is 0 Å². The molecule has 2 N–H and O–H groups in total. The smallest absolute Gasteiger partial charge is 0.159 e. The number of hydrogen-bond acceptors (Lipinski definition) is 4. The first kappa shape index (κ1) is 15.9. The quantitative estimate of drug-likeness (QED) is 0.482. The van der Waals surface area contributed by atoms with Crippen LogP contribution in [0.1, 0.15) is 39.5 Å². The number of rotatable bonds is 10. The van der Waals surface area contributed by atoms with Crippen molar-refractivity contribution in [1.82, 2.24) is 0 Å². The van der Waals surface area contributed by atoms with Crippen molar-refractivity contribution >= 4 is 0 Å². The van der Waals surface area contributed by atoms with Crippen LogP contribution in [0.25, 0.3) is 0 Å². The van der Waals surface area contributed by atoms with Gasteiger partial charge in [0, 0.05) is 26.2 Å². The van der Waals surface area contributed by atoms with E-state index in [2.05, 4.69) is 0 Å². The van der Waals surface area contributed by atoms with E-state index in [0.29, 0.717) is 31.7 Å². The second-order valence-electron chi connectivity index (χ2n) is 4.89. The maximum Gasteiger partial charge on any atom is 0.159 e. The Hall–Kier alpha value is -0.160. The van der Waals surface area contributed by atoms with Gasteiger partial charge < -0.3 is 19.9 Å². The van der Waals surface area contributed by atoms with E-state index >= 15 is 0 Å². The monoisotopic (exact) mass is 259 g/mol. The molecule has 1 rings (SSSR count). The van der Waals surface area contributed by atoms with Gasteiger partial charge in [-0.25, -0.2) is 0 Å². The van der Waals surface area contributed by atoms with Crippen molar-refractivity contribution < 1.29 is 14.2 Å². The standard InChI is InChI=1S/C14H29NO3/c1-3-17-14(18-4-2)8-9-16-11-13-7-5-6-12(13)10-15/h12-14H,3-11,15H2,1-2H3. The van der Waals surface area contributed by atoms with Crippen molar-refractivity contribution in [1.29, 1.82) is 0 Å². The molecule has 0 aromatic rings. The van der Waals surface area contributed by atoms with Crippen LogP contribution in [0.3, 0.4) is 0 Å². The van der Waals surface area contributed by atoms with Crippen LogP contribution in [0.15, 0.2) is 0 Å². The largest absolute Gasteiger partial charge is 0.381 e. The highest BCUT2D eigenvalue weighted by atomic mass is 16.7. The lowest BCUT2D eigenvalue weighted by atomic mass is 9.97. The lowest BCUT2D eigenvalue weighted by Crippen LogP contribution is -2.24. The van der Waals surface area contributed by atoms with Crippen molar-refractivity contribution in [2.45, 2.75) is 45.8 Å². The summed E-state index contributed by atoms with van der Waals surface area (Å²) in [5.74, 6) is 1.33. The minimum absolute atomic E-state index is 0.117. The molecule has 1 aliphatic carbocycles. The SMILES string of the molecule is CCOC(CCOCC1CCCC1CN)OCC. The van der Waals surface area contributed by atoms with Gasteiger partial charge in [0.25, 0.3) is 0 Å². The first-order chi connectivity index (χ1) is 8.81. The Balaban J connectivity index is 2.09. The molecular weight excluding hydrogens is 230 g/mol. The topological polar surface area (TPSA) is 53.7 Å². The van der Waals surface area contributed by atoms with Gasteiger partial charge in [0.2, 0.25) is 0 Å². The Labute approximate surface area is 111 Å². The third kappa shape index (κ3) is 5.65. The van der Waals surface area contributed by atoms with Gasteiger partial charge in [-0.2, -0.15) is 0 Å². The normalized spacial score (nSPS) is 24.0. The highest BCUT2D eigenvalue weighted by Gasteiger charge is 2.25. The molecule has 108 valence electrons. The van der Waals surface area contributed by atoms with Crippen LogP contribution in [-0.4, -0.2) is 39.3 Å². The van der Waals surface area contributed by atoms with Gasteiger partial charge in [-0.3, -0.25) is 0 Å². The van der Waals surface area contributed by atoms with Crippen LogP contribution in [0, 0.1) is 11.8 Å². The van der Waals surface area contributed by atoms with Gasteiger partial charge in [-0.1, -0.05) is 6.42 Å². The van der Waals surface area contributed by atoms with Crippen molar-refractivity contribution in [3.63, 3.8) is 0 Å². The first-order valence-electron chi connectivity index (χ1n) is 7.32. The zero-order valence-electron chi connectivity index (χ0n) is 11.9. The van der Waals surface area contributed by atoms with Crippen LogP contribution in [0.4, 0.5) is 0 Å². The molecule has 1 aliphatic rings. The van der Waals surface area contributed by atoms with E-state index in [0.717, 1.165) is 19.6 Å². The average molecular weight is 259 g/mol. The lowest BCUT2D eigenvalue weighted by molar-refractivity contribution is -0.147. The average Bonchev–Trinajstić information content (AvgIpc) is 2.82. The van der Waals surface area contributed by atoms with Gasteiger partial charge in [0.05, 0.1) is 6.61 Å². The van der Waals surface area contributed by atoms with Gasteiger partial charge >= 0.3 is 0 Å². The summed E-state index contributed by atoms with van der Waals surface area (Å²) in [5, 5.41) is 0. The van der Waals surface area contributed by atoms with E-state index in [9.17, 15) is 0 Å². The molecule has 2 unspecified atom stereocenters. The van der Waals surface area contributed by atoms with Crippen molar-refractivity contribution in [2.24, 2.45) is 17.6 Å². The fourth-order valence-corrected chi connectivity index (χ4v) is 2.64. The first-order valence-corrected chi connectivity index (χ1v) is 7.32. The van der Waals surface area contributed by atoms with Crippen LogP contribution >= 0.6 is 0 Å². The molecule has 0 amide bonds. The molecule has 0 aromatic heterocycles. The van der Waals surface area contributed by atoms with Crippen LogP contribution in [-0.2, 0) is 14.2 Å². The number of nitrogens with two attached hydrogens (primary N) is 1. The summed E-state index contributed by atoms with van der Waals surface area (Å²) in [6.45, 7) is 7.68. The Bertz CT molecular complexity index is 195. The van der Waals surface area contributed by atoms with E-state index in [1.165, 1.54) is 19.3 Å². The molecule has 1 fully saturated rings. The van der Waals surface area contributed by atoms with Crippen molar-refractivity contribution in [2.75, 3.05) is 33.0 Å². The Morgan fingerprint density at radius 3 is 2.39 bits per heavy atom. The minimum atomic E-state index is -0.117. The highest BCUT2D eigenvalue weighted by molar-refractivity contribution is 4.77. The van der Waals surface area contributed by atoms with Gasteiger partial charge in [-0.05, 0) is 45.1 Å². The molecule has 4 nitrogen and oxygen atoms in total. The van der Waals surface area contributed by atoms with E-state index in [4.69, 9.17) is 19.9 Å². The Kier molecular flexibility index (Phi) is 8.59. The summed E-state index contributed by atoms with van der Waals surface area (Å²) < 4.78 is 16.7. The molecule has 0 aromatic carbocycles. The molecule has 0 heterocycles. The van der Waals surface area contributed by atoms with Gasteiger partial charge in [0.15, 0.2) is 6.29 Å². The molecule has 0 spiro atoms. The fourth-order valence-electron chi connectivity index (χ4n) is 2.64. The molecule has 1 saturated carbocycles. The molecule has 0 radical (unpaired) electrons. The molecule has 0 aliphatic heterocycles. The van der Waals surface area contributed by atoms with E-state index in [1.54, 1.807) is 0 Å². The summed E-state index contributed by atoms with van der Waals surface area (Å²) in [4.78, 5) is 0. The summed E-state index contributed by atoms with van der Waals surface area (Å²) in [5.41, 5.74) is 5.76. The number of ether oxygens (including phenoxy) is 3. The van der Waals surface area contributed by atoms with Gasteiger partial charge in [0.1, 0.15) is 0 Å². The molecule has 18 heavy (non-hydrogen) atoms. The predicted octanol–water partition coefficient (Wildman–Crippen LogP) is 2.17. The van der Waals surface area contributed by atoms with E-state index in [1.807, 2.05) is 13.8 Å².